The molecule has 1 heterocycles. The number of halogens is 2. The maximum atomic E-state index is 5.86. The topological polar surface area (TPSA) is 25.5 Å². The van der Waals surface area contributed by atoms with Gasteiger partial charge in [-0.3, -0.25) is 4.99 Å². The first-order valence-corrected chi connectivity index (χ1v) is 4.73. The van der Waals surface area contributed by atoms with Crippen molar-refractivity contribution in [3.8, 4) is 0 Å². The standard InChI is InChI=1S/C8H7ClINO/c1-3-5(9)8-6(11-2)4-7(10)12-8/h3-4H,2H2,1H3/b5-3+. The molecule has 0 saturated carbocycles. The van der Waals surface area contributed by atoms with Gasteiger partial charge in [0.25, 0.3) is 0 Å². The van der Waals surface area contributed by atoms with Crippen LogP contribution in [-0.4, -0.2) is 6.72 Å². The van der Waals surface area contributed by atoms with Crippen molar-refractivity contribution in [2.45, 2.75) is 6.92 Å². The lowest BCUT2D eigenvalue weighted by Crippen LogP contribution is -1.69. The van der Waals surface area contributed by atoms with Gasteiger partial charge in [-0.25, -0.2) is 0 Å². The van der Waals surface area contributed by atoms with Gasteiger partial charge in [0.2, 0.25) is 0 Å². The van der Waals surface area contributed by atoms with Gasteiger partial charge in [0.1, 0.15) is 5.69 Å². The van der Waals surface area contributed by atoms with Crippen molar-refractivity contribution in [1.29, 1.82) is 0 Å². The highest BCUT2D eigenvalue weighted by atomic mass is 127. The molecule has 64 valence electrons. The zero-order valence-electron chi connectivity index (χ0n) is 6.47. The predicted octanol–water partition coefficient (Wildman–Crippen LogP) is 3.82. The van der Waals surface area contributed by atoms with Crippen LogP contribution in [0.1, 0.15) is 12.7 Å². The normalized spacial score (nSPS) is 11.8. The van der Waals surface area contributed by atoms with Gasteiger partial charge in [-0.2, -0.15) is 0 Å². The Bertz CT molecular complexity index is 330. The van der Waals surface area contributed by atoms with Crippen LogP contribution in [0.4, 0.5) is 5.69 Å². The maximum Gasteiger partial charge on any atom is 0.172 e. The molecule has 0 fully saturated rings. The monoisotopic (exact) mass is 295 g/mol. The van der Waals surface area contributed by atoms with E-state index >= 15 is 0 Å². The first-order valence-electron chi connectivity index (χ1n) is 3.27. The second-order valence-corrected chi connectivity index (χ2v) is 3.53. The number of hydrogen-bond acceptors (Lipinski definition) is 2. The minimum absolute atomic E-state index is 0.556. The second kappa shape index (κ2) is 4.09. The fraction of sp³-hybridized carbons (Fsp3) is 0.125. The second-order valence-electron chi connectivity index (χ2n) is 2.06. The lowest BCUT2D eigenvalue weighted by atomic mass is 10.3. The third-order valence-electron chi connectivity index (χ3n) is 1.32. The van der Waals surface area contributed by atoms with Gasteiger partial charge in [-0.05, 0) is 36.2 Å². The van der Waals surface area contributed by atoms with Crippen LogP contribution in [0.3, 0.4) is 0 Å². The Morgan fingerprint density at radius 3 is 3.00 bits per heavy atom. The molecule has 12 heavy (non-hydrogen) atoms. The van der Waals surface area contributed by atoms with Crippen LogP contribution in [0.2, 0.25) is 0 Å². The number of rotatable bonds is 2. The lowest BCUT2D eigenvalue weighted by molar-refractivity contribution is 0.527. The van der Waals surface area contributed by atoms with Crippen molar-refractivity contribution >= 4 is 51.6 Å². The highest BCUT2D eigenvalue weighted by Gasteiger charge is 2.10. The van der Waals surface area contributed by atoms with Crippen molar-refractivity contribution in [1.82, 2.24) is 0 Å². The first-order chi connectivity index (χ1) is 5.69. The third-order valence-corrected chi connectivity index (χ3v) is 2.24. The summed E-state index contributed by atoms with van der Waals surface area (Å²) < 4.78 is 6.07. The molecule has 0 atom stereocenters. The molecule has 1 rings (SSSR count). The van der Waals surface area contributed by atoms with Crippen LogP contribution in [-0.2, 0) is 0 Å². The van der Waals surface area contributed by atoms with E-state index in [0.29, 0.717) is 16.5 Å². The van der Waals surface area contributed by atoms with E-state index in [1.54, 1.807) is 12.1 Å². The molecule has 0 aliphatic rings. The lowest BCUT2D eigenvalue weighted by Gasteiger charge is -1.92. The van der Waals surface area contributed by atoms with Crippen LogP contribution < -0.4 is 0 Å². The van der Waals surface area contributed by atoms with Gasteiger partial charge >= 0.3 is 0 Å². The van der Waals surface area contributed by atoms with Crippen molar-refractivity contribution in [3.05, 3.63) is 21.7 Å². The summed E-state index contributed by atoms with van der Waals surface area (Å²) in [5, 5.41) is 0.556. The van der Waals surface area contributed by atoms with E-state index in [1.165, 1.54) is 0 Å². The third kappa shape index (κ3) is 1.90. The summed E-state index contributed by atoms with van der Waals surface area (Å²) in [5.41, 5.74) is 0.683. The van der Waals surface area contributed by atoms with E-state index in [9.17, 15) is 0 Å². The first kappa shape index (κ1) is 9.80. The zero-order chi connectivity index (χ0) is 9.14. The molecule has 0 saturated heterocycles. The number of allylic oxidation sites excluding steroid dienone is 1. The Morgan fingerprint density at radius 1 is 1.83 bits per heavy atom. The number of hydrogen-bond donors (Lipinski definition) is 0. The Kier molecular flexibility index (Phi) is 3.34. The highest BCUT2D eigenvalue weighted by molar-refractivity contribution is 14.1. The Hall–Kier alpha value is -0.290. The molecule has 4 heteroatoms. The van der Waals surface area contributed by atoms with Gasteiger partial charge < -0.3 is 4.42 Å². The van der Waals surface area contributed by atoms with Crippen molar-refractivity contribution in [2.24, 2.45) is 4.99 Å². The minimum Gasteiger partial charge on any atom is -0.447 e. The summed E-state index contributed by atoms with van der Waals surface area (Å²) in [6, 6.07) is 1.79. The van der Waals surface area contributed by atoms with Gasteiger partial charge in [0.15, 0.2) is 9.53 Å². The molecular formula is C8H7ClINO. The van der Waals surface area contributed by atoms with Crippen molar-refractivity contribution in [2.75, 3.05) is 0 Å². The van der Waals surface area contributed by atoms with Crippen LogP contribution >= 0.6 is 34.2 Å². The van der Waals surface area contributed by atoms with Crippen molar-refractivity contribution in [3.63, 3.8) is 0 Å². The molecule has 1 aromatic rings. The quantitative estimate of drug-likeness (QED) is 0.601. The summed E-state index contributed by atoms with van der Waals surface area (Å²) in [5.74, 6) is 0.582. The molecule has 0 aromatic carbocycles. The van der Waals surface area contributed by atoms with Gasteiger partial charge in [-0.15, -0.1) is 0 Å². The van der Waals surface area contributed by atoms with Crippen molar-refractivity contribution < 1.29 is 4.42 Å². The van der Waals surface area contributed by atoms with Crippen LogP contribution in [0, 0.1) is 3.77 Å². The summed E-state index contributed by atoms with van der Waals surface area (Å²) in [6.45, 7) is 5.26. The van der Waals surface area contributed by atoms with E-state index in [-0.39, 0.29) is 0 Å². The molecule has 0 N–H and O–H groups in total. The smallest absolute Gasteiger partial charge is 0.172 e. The minimum atomic E-state index is 0.556. The Balaban J connectivity index is 3.22. The molecule has 2 nitrogen and oxygen atoms in total. The van der Waals surface area contributed by atoms with E-state index in [4.69, 9.17) is 16.0 Å². The molecule has 0 bridgehead atoms. The van der Waals surface area contributed by atoms with E-state index in [0.717, 1.165) is 3.77 Å². The van der Waals surface area contributed by atoms with Crippen LogP contribution in [0.25, 0.3) is 5.03 Å². The summed E-state index contributed by atoms with van der Waals surface area (Å²) in [7, 11) is 0. The average molecular weight is 296 g/mol. The summed E-state index contributed by atoms with van der Waals surface area (Å²) in [6.07, 6.45) is 1.76. The predicted molar refractivity (Wildman–Crippen MR) is 60.1 cm³/mol. The summed E-state index contributed by atoms with van der Waals surface area (Å²) >= 11 is 7.92. The van der Waals surface area contributed by atoms with E-state index in [1.807, 2.05) is 6.92 Å². The Labute approximate surface area is 89.5 Å². The zero-order valence-corrected chi connectivity index (χ0v) is 9.39. The van der Waals surface area contributed by atoms with E-state index < -0.39 is 0 Å². The van der Waals surface area contributed by atoms with E-state index in [2.05, 4.69) is 34.3 Å². The largest absolute Gasteiger partial charge is 0.447 e. The molecule has 0 radical (unpaired) electrons. The maximum absolute atomic E-state index is 5.86. The van der Waals surface area contributed by atoms with Crippen LogP contribution in [0.15, 0.2) is 21.6 Å². The summed E-state index contributed by atoms with van der Waals surface area (Å²) in [4.78, 5) is 3.79. The fourth-order valence-corrected chi connectivity index (χ4v) is 1.42. The van der Waals surface area contributed by atoms with Gasteiger partial charge in [0, 0.05) is 6.07 Å². The fourth-order valence-electron chi connectivity index (χ4n) is 0.772. The van der Waals surface area contributed by atoms with Gasteiger partial charge in [-0.1, -0.05) is 17.7 Å². The molecule has 0 amide bonds. The van der Waals surface area contributed by atoms with Gasteiger partial charge in [0.05, 0.1) is 5.03 Å². The Morgan fingerprint density at radius 2 is 2.50 bits per heavy atom. The molecule has 0 spiro atoms. The number of aliphatic imine (C=N–C) groups is 1. The SMILES string of the molecule is C=Nc1cc(I)oc1/C(Cl)=C\C. The number of nitrogens with zero attached hydrogens (tertiary/aromatic N) is 1. The van der Waals surface area contributed by atoms with Crippen LogP contribution in [0.5, 0.6) is 0 Å². The molecule has 0 aliphatic carbocycles. The molecule has 1 aromatic heterocycles. The molecule has 0 unspecified atom stereocenters. The molecule has 0 aliphatic heterocycles. The average Bonchev–Trinajstić information content (AvgIpc) is 2.45. The molecular weight excluding hydrogens is 288 g/mol. The highest BCUT2D eigenvalue weighted by Crippen LogP contribution is 2.32. The number of furan rings is 1.